The number of carbonyl (C=O) groups is 1. The zero-order valence-corrected chi connectivity index (χ0v) is 23.2. The van der Waals surface area contributed by atoms with Gasteiger partial charge in [0.2, 0.25) is 5.88 Å². The Bertz CT molecular complexity index is 1610. The minimum atomic E-state index is -4.26. The topological polar surface area (TPSA) is 107 Å². The molecule has 1 N–H and O–H groups in total. The van der Waals surface area contributed by atoms with E-state index in [2.05, 4.69) is 9.97 Å². The van der Waals surface area contributed by atoms with Crippen molar-refractivity contribution in [3.05, 3.63) is 102 Å². The van der Waals surface area contributed by atoms with Crippen LogP contribution in [0.4, 0.5) is 4.39 Å². The van der Waals surface area contributed by atoms with Crippen LogP contribution in [0.25, 0.3) is 11.3 Å². The smallest absolute Gasteiger partial charge is 0.281 e. The second-order valence-corrected chi connectivity index (χ2v) is 11.2. The lowest BCUT2D eigenvalue weighted by Crippen LogP contribution is -2.31. The van der Waals surface area contributed by atoms with Crippen molar-refractivity contribution in [2.75, 3.05) is 13.2 Å². The molecule has 0 fully saturated rings. The Morgan fingerprint density at radius 2 is 1.75 bits per heavy atom. The van der Waals surface area contributed by atoms with Gasteiger partial charge in [0.15, 0.2) is 5.03 Å². The SMILES string of the molecule is Cc1cccc(S(=O)(=O)NC(=O)c2ccc(-c3cc(F)cc(OCC(C)C)c3)nc2OCCc2ccccc2)n1.[HH].[HH]. The number of ether oxygens (including phenoxy) is 2. The average Bonchev–Trinajstić information content (AvgIpc) is 2.92. The molecule has 2 aromatic heterocycles. The molecule has 0 spiro atoms. The largest absolute Gasteiger partial charge is 0.493 e. The molecule has 212 valence electrons. The third-order valence-corrected chi connectivity index (χ3v) is 6.92. The maximum Gasteiger partial charge on any atom is 0.281 e. The minimum absolute atomic E-state index is 0. The van der Waals surface area contributed by atoms with Crippen LogP contribution in [0, 0.1) is 18.7 Å². The number of amides is 1. The number of hydrogen-bond donors (Lipinski definition) is 1. The van der Waals surface area contributed by atoms with Gasteiger partial charge in [0.25, 0.3) is 15.9 Å². The van der Waals surface area contributed by atoms with Gasteiger partial charge in [0, 0.05) is 26.6 Å². The van der Waals surface area contributed by atoms with E-state index in [0.717, 1.165) is 5.56 Å². The number of benzene rings is 2. The normalized spacial score (nSPS) is 11.3. The molecule has 2 aromatic carbocycles. The molecule has 2 heterocycles. The highest BCUT2D eigenvalue weighted by atomic mass is 32.2. The number of halogens is 1. The summed E-state index contributed by atoms with van der Waals surface area (Å²) in [4.78, 5) is 21.6. The van der Waals surface area contributed by atoms with Gasteiger partial charge < -0.3 is 9.47 Å². The third kappa shape index (κ3) is 7.63. The number of nitrogens with zero attached hydrogens (tertiary/aromatic N) is 2. The van der Waals surface area contributed by atoms with Crippen LogP contribution in [0.2, 0.25) is 0 Å². The van der Waals surface area contributed by atoms with Crippen molar-refractivity contribution in [2.24, 2.45) is 5.92 Å². The molecule has 0 bridgehead atoms. The molecule has 0 saturated heterocycles. The molecule has 0 aliphatic rings. The van der Waals surface area contributed by atoms with Crippen molar-refractivity contribution in [1.29, 1.82) is 0 Å². The van der Waals surface area contributed by atoms with Gasteiger partial charge in [-0.2, -0.15) is 8.42 Å². The van der Waals surface area contributed by atoms with Gasteiger partial charge in [-0.05, 0) is 54.8 Å². The van der Waals surface area contributed by atoms with Crippen molar-refractivity contribution in [3.63, 3.8) is 0 Å². The van der Waals surface area contributed by atoms with Gasteiger partial charge in [-0.25, -0.2) is 19.1 Å². The number of aryl methyl sites for hydroxylation is 1. The van der Waals surface area contributed by atoms with E-state index in [4.69, 9.17) is 9.47 Å². The molecular formula is C30H34FN3O5S. The van der Waals surface area contributed by atoms with Crippen LogP contribution in [-0.4, -0.2) is 37.5 Å². The molecular weight excluding hydrogens is 533 g/mol. The molecule has 40 heavy (non-hydrogen) atoms. The molecule has 0 radical (unpaired) electrons. The number of carbonyl (C=O) groups excluding carboxylic acids is 1. The van der Waals surface area contributed by atoms with E-state index in [1.165, 1.54) is 36.4 Å². The molecule has 8 nitrogen and oxygen atoms in total. The molecule has 0 aliphatic carbocycles. The Kier molecular flexibility index (Phi) is 9.11. The summed E-state index contributed by atoms with van der Waals surface area (Å²) >= 11 is 0. The summed E-state index contributed by atoms with van der Waals surface area (Å²) in [5.41, 5.74) is 2.13. The Balaban J connectivity index is 0.00000308. The van der Waals surface area contributed by atoms with E-state index in [0.29, 0.717) is 35.7 Å². The van der Waals surface area contributed by atoms with E-state index in [-0.39, 0.29) is 31.8 Å². The van der Waals surface area contributed by atoms with E-state index < -0.39 is 21.7 Å². The predicted molar refractivity (Wildman–Crippen MR) is 153 cm³/mol. The van der Waals surface area contributed by atoms with Crippen molar-refractivity contribution in [1.82, 2.24) is 14.7 Å². The van der Waals surface area contributed by atoms with Crippen LogP contribution in [-0.2, 0) is 16.4 Å². The van der Waals surface area contributed by atoms with Crippen LogP contribution in [0.3, 0.4) is 0 Å². The maximum absolute atomic E-state index is 14.4. The highest BCUT2D eigenvalue weighted by Crippen LogP contribution is 2.28. The van der Waals surface area contributed by atoms with Crippen molar-refractivity contribution >= 4 is 15.9 Å². The van der Waals surface area contributed by atoms with Crippen LogP contribution >= 0.6 is 0 Å². The first kappa shape index (κ1) is 28.7. The highest BCUT2D eigenvalue weighted by Gasteiger charge is 2.24. The molecule has 4 aromatic rings. The van der Waals surface area contributed by atoms with E-state index in [1.807, 2.05) is 48.9 Å². The van der Waals surface area contributed by atoms with Crippen LogP contribution in [0.15, 0.2) is 83.9 Å². The molecule has 4 rings (SSSR count). The lowest BCUT2D eigenvalue weighted by molar-refractivity contribution is 0.0976. The van der Waals surface area contributed by atoms with E-state index in [9.17, 15) is 17.6 Å². The number of nitrogens with one attached hydrogen (secondary N) is 1. The van der Waals surface area contributed by atoms with Crippen molar-refractivity contribution < 1.29 is 29.9 Å². The number of pyridine rings is 2. The fraction of sp³-hybridized carbons (Fsp3) is 0.233. The summed E-state index contributed by atoms with van der Waals surface area (Å²) in [5.74, 6) is -0.943. The van der Waals surface area contributed by atoms with Gasteiger partial charge in [-0.15, -0.1) is 0 Å². The molecule has 0 atom stereocenters. The first-order chi connectivity index (χ1) is 19.1. The summed E-state index contributed by atoms with van der Waals surface area (Å²) in [6, 6.07) is 21.2. The Morgan fingerprint density at radius 3 is 2.48 bits per heavy atom. The number of aromatic nitrogens is 2. The monoisotopic (exact) mass is 567 g/mol. The third-order valence-electron chi connectivity index (χ3n) is 5.69. The number of hydrogen-bond acceptors (Lipinski definition) is 7. The van der Waals surface area contributed by atoms with Gasteiger partial charge in [-0.1, -0.05) is 50.2 Å². The molecule has 0 unspecified atom stereocenters. The van der Waals surface area contributed by atoms with Crippen LogP contribution < -0.4 is 14.2 Å². The number of sulfonamides is 1. The first-order valence-electron chi connectivity index (χ1n) is 12.7. The van der Waals surface area contributed by atoms with Gasteiger partial charge >= 0.3 is 0 Å². The zero-order chi connectivity index (χ0) is 28.7. The lowest BCUT2D eigenvalue weighted by atomic mass is 10.1. The van der Waals surface area contributed by atoms with Crippen molar-refractivity contribution in [3.8, 4) is 22.9 Å². The average molecular weight is 568 g/mol. The van der Waals surface area contributed by atoms with Crippen LogP contribution in [0.5, 0.6) is 11.6 Å². The summed E-state index contributed by atoms with van der Waals surface area (Å²) < 4.78 is 53.7. The zero-order valence-electron chi connectivity index (χ0n) is 22.4. The maximum atomic E-state index is 14.4. The Labute approximate surface area is 236 Å². The molecule has 0 saturated carbocycles. The van der Waals surface area contributed by atoms with Crippen LogP contribution in [0.1, 0.15) is 38.3 Å². The highest BCUT2D eigenvalue weighted by molar-refractivity contribution is 7.90. The van der Waals surface area contributed by atoms with E-state index in [1.54, 1.807) is 19.1 Å². The second-order valence-electron chi connectivity index (χ2n) is 9.57. The van der Waals surface area contributed by atoms with Gasteiger partial charge in [0.1, 0.15) is 17.1 Å². The standard InChI is InChI=1S/C30H30FN3O5S.2H2/c1-20(2)19-39-25-17-23(16-24(31)18-25)27-13-12-26(30(33-27)38-15-14-22-9-5-4-6-10-22)29(35)34-40(36,37)28-11-7-8-21(3)32-28;;/h4-13,16-18,20H,14-15,19H2,1-3H3,(H,34,35);2*1H. The Morgan fingerprint density at radius 1 is 0.975 bits per heavy atom. The lowest BCUT2D eigenvalue weighted by Gasteiger charge is -2.14. The quantitative estimate of drug-likeness (QED) is 0.242. The van der Waals surface area contributed by atoms with E-state index >= 15 is 0 Å². The fourth-order valence-corrected chi connectivity index (χ4v) is 4.73. The second kappa shape index (κ2) is 12.7. The Hall–Kier alpha value is -4.31. The fourth-order valence-electron chi connectivity index (χ4n) is 3.75. The summed E-state index contributed by atoms with van der Waals surface area (Å²) in [6.07, 6.45) is 0.520. The predicted octanol–water partition coefficient (Wildman–Crippen LogP) is 5.86. The molecule has 1 amide bonds. The number of rotatable bonds is 11. The van der Waals surface area contributed by atoms with Crippen molar-refractivity contribution in [2.45, 2.75) is 32.2 Å². The molecule has 10 heteroatoms. The van der Waals surface area contributed by atoms with Gasteiger partial charge in [-0.3, -0.25) is 4.79 Å². The minimum Gasteiger partial charge on any atom is -0.493 e. The summed E-state index contributed by atoms with van der Waals surface area (Å²) in [7, 11) is -4.26. The summed E-state index contributed by atoms with van der Waals surface area (Å²) in [6.45, 7) is 6.19. The molecule has 0 aliphatic heterocycles. The first-order valence-corrected chi connectivity index (χ1v) is 14.2. The van der Waals surface area contributed by atoms with Gasteiger partial charge in [0.05, 0.1) is 18.9 Å². The summed E-state index contributed by atoms with van der Waals surface area (Å²) in [5, 5.41) is -0.286.